The zero-order chi connectivity index (χ0) is 21.8. The van der Waals surface area contributed by atoms with E-state index in [1.54, 1.807) is 23.1 Å². The molecule has 0 fully saturated rings. The number of nitrogens with zero attached hydrogens (tertiary/aromatic N) is 3. The standard InChI is InChI=1S/C23H27N3O4S/c1-4-28-18-7-5-8-20-21(18)24-23(31-20)26(12-6-11-25(2)3)22(27)16-9-10-17-19(15-16)30-14-13-29-17/h5,7-10,15H,4,6,11-14H2,1-3H3. The van der Waals surface area contributed by atoms with Crippen LogP contribution in [0.5, 0.6) is 17.2 Å². The molecule has 0 unspecified atom stereocenters. The number of ether oxygens (including phenoxy) is 3. The number of hydrogen-bond acceptors (Lipinski definition) is 7. The van der Waals surface area contributed by atoms with Crippen LogP contribution >= 0.6 is 11.3 Å². The van der Waals surface area contributed by atoms with E-state index < -0.39 is 0 Å². The first-order valence-corrected chi connectivity index (χ1v) is 11.3. The van der Waals surface area contributed by atoms with Crippen LogP contribution in [0.4, 0.5) is 5.13 Å². The number of thiazole rings is 1. The summed E-state index contributed by atoms with van der Waals surface area (Å²) in [5.74, 6) is 1.91. The number of fused-ring (bicyclic) bond motifs is 2. The number of para-hydroxylation sites is 1. The van der Waals surface area contributed by atoms with Crippen LogP contribution in [0.1, 0.15) is 23.7 Å². The van der Waals surface area contributed by atoms with Crippen molar-refractivity contribution < 1.29 is 19.0 Å². The summed E-state index contributed by atoms with van der Waals surface area (Å²) in [6.07, 6.45) is 0.831. The molecule has 0 N–H and O–H groups in total. The number of carbonyl (C=O) groups excluding carboxylic acids is 1. The lowest BCUT2D eigenvalue weighted by atomic mass is 10.1. The molecule has 0 bridgehead atoms. The summed E-state index contributed by atoms with van der Waals surface area (Å²) in [5, 5.41) is 0.667. The molecule has 0 saturated heterocycles. The highest BCUT2D eigenvalue weighted by atomic mass is 32.1. The van der Waals surface area contributed by atoms with E-state index in [9.17, 15) is 4.79 Å². The topological polar surface area (TPSA) is 64.1 Å². The Morgan fingerprint density at radius 2 is 1.94 bits per heavy atom. The minimum atomic E-state index is -0.104. The maximum Gasteiger partial charge on any atom is 0.260 e. The summed E-state index contributed by atoms with van der Waals surface area (Å²) < 4.78 is 18.0. The molecule has 8 heteroatoms. The highest BCUT2D eigenvalue weighted by Gasteiger charge is 2.24. The minimum absolute atomic E-state index is 0.104. The van der Waals surface area contributed by atoms with Gasteiger partial charge in [-0.3, -0.25) is 9.69 Å². The smallest absolute Gasteiger partial charge is 0.260 e. The van der Waals surface area contributed by atoms with Gasteiger partial charge in [0.2, 0.25) is 0 Å². The first-order chi connectivity index (χ1) is 15.1. The summed E-state index contributed by atoms with van der Waals surface area (Å²) in [7, 11) is 4.05. The first-order valence-electron chi connectivity index (χ1n) is 10.5. The summed E-state index contributed by atoms with van der Waals surface area (Å²) >= 11 is 1.50. The molecule has 2 aromatic carbocycles. The Bertz CT molecular complexity index is 1070. The van der Waals surface area contributed by atoms with E-state index in [-0.39, 0.29) is 5.91 Å². The molecule has 31 heavy (non-hydrogen) atoms. The molecule has 1 aliphatic heterocycles. The van der Waals surface area contributed by atoms with Gasteiger partial charge in [-0.1, -0.05) is 17.4 Å². The van der Waals surface area contributed by atoms with Crippen LogP contribution < -0.4 is 19.1 Å². The Morgan fingerprint density at radius 3 is 2.71 bits per heavy atom. The predicted molar refractivity (Wildman–Crippen MR) is 123 cm³/mol. The normalized spacial score (nSPS) is 12.9. The molecule has 1 aromatic heterocycles. The van der Waals surface area contributed by atoms with E-state index in [1.165, 1.54) is 11.3 Å². The lowest BCUT2D eigenvalue weighted by molar-refractivity contribution is 0.0984. The van der Waals surface area contributed by atoms with Crippen LogP contribution in [0.2, 0.25) is 0 Å². The Morgan fingerprint density at radius 1 is 1.13 bits per heavy atom. The third-order valence-corrected chi connectivity index (χ3v) is 5.97. The van der Waals surface area contributed by atoms with Crippen LogP contribution in [0.25, 0.3) is 10.2 Å². The van der Waals surface area contributed by atoms with Gasteiger partial charge >= 0.3 is 0 Å². The minimum Gasteiger partial charge on any atom is -0.492 e. The molecule has 0 aliphatic carbocycles. The lowest BCUT2D eigenvalue weighted by Gasteiger charge is -2.23. The number of benzene rings is 2. The second-order valence-electron chi connectivity index (χ2n) is 7.50. The zero-order valence-corrected chi connectivity index (χ0v) is 18.9. The number of aromatic nitrogens is 1. The van der Waals surface area contributed by atoms with Crippen molar-refractivity contribution in [1.29, 1.82) is 0 Å². The second-order valence-corrected chi connectivity index (χ2v) is 8.51. The van der Waals surface area contributed by atoms with Crippen molar-refractivity contribution in [3.8, 4) is 17.2 Å². The van der Waals surface area contributed by atoms with Crippen molar-refractivity contribution in [1.82, 2.24) is 9.88 Å². The van der Waals surface area contributed by atoms with Gasteiger partial charge in [0.25, 0.3) is 5.91 Å². The number of hydrogen-bond donors (Lipinski definition) is 0. The van der Waals surface area contributed by atoms with Crippen LogP contribution in [-0.4, -0.2) is 62.8 Å². The number of anilines is 1. The molecule has 1 aliphatic rings. The van der Waals surface area contributed by atoms with E-state index in [2.05, 4.69) is 4.90 Å². The molecule has 7 nitrogen and oxygen atoms in total. The van der Waals surface area contributed by atoms with Crippen LogP contribution in [0.3, 0.4) is 0 Å². The van der Waals surface area contributed by atoms with Crippen molar-refractivity contribution in [3.05, 3.63) is 42.0 Å². The molecule has 0 saturated carbocycles. The van der Waals surface area contributed by atoms with Crippen LogP contribution in [0, 0.1) is 0 Å². The fraction of sp³-hybridized carbons (Fsp3) is 0.391. The number of amides is 1. The monoisotopic (exact) mass is 441 g/mol. The molecule has 3 aromatic rings. The average molecular weight is 442 g/mol. The number of carbonyl (C=O) groups is 1. The highest BCUT2D eigenvalue weighted by Crippen LogP contribution is 2.36. The molecule has 2 heterocycles. The summed E-state index contributed by atoms with van der Waals surface area (Å²) in [6.45, 7) is 4.95. The largest absolute Gasteiger partial charge is 0.492 e. The first kappa shape index (κ1) is 21.4. The SMILES string of the molecule is CCOc1cccc2sc(N(CCCN(C)C)C(=O)c3ccc4c(c3)OCCO4)nc12. The van der Waals surface area contributed by atoms with Gasteiger partial charge in [0, 0.05) is 12.1 Å². The van der Waals surface area contributed by atoms with Gasteiger partial charge in [0.1, 0.15) is 24.5 Å². The Balaban J connectivity index is 1.68. The summed E-state index contributed by atoms with van der Waals surface area (Å²) in [4.78, 5) is 22.2. The van der Waals surface area contributed by atoms with Gasteiger partial charge in [-0.05, 0) is 64.3 Å². The zero-order valence-electron chi connectivity index (χ0n) is 18.1. The number of rotatable bonds is 8. The average Bonchev–Trinajstić information content (AvgIpc) is 3.21. The Kier molecular flexibility index (Phi) is 6.58. The molecule has 0 radical (unpaired) electrons. The maximum atomic E-state index is 13.5. The van der Waals surface area contributed by atoms with Crippen LogP contribution in [0.15, 0.2) is 36.4 Å². The predicted octanol–water partition coefficient (Wildman–Crippen LogP) is 4.06. The van der Waals surface area contributed by atoms with Crippen LogP contribution in [-0.2, 0) is 0 Å². The fourth-order valence-electron chi connectivity index (χ4n) is 3.46. The molecule has 164 valence electrons. The summed E-state index contributed by atoms with van der Waals surface area (Å²) in [6, 6.07) is 11.2. The molecule has 1 amide bonds. The van der Waals surface area contributed by atoms with Crippen molar-refractivity contribution in [3.63, 3.8) is 0 Å². The van der Waals surface area contributed by atoms with Crippen molar-refractivity contribution in [2.75, 3.05) is 51.9 Å². The van der Waals surface area contributed by atoms with E-state index in [1.807, 2.05) is 39.2 Å². The molecule has 0 atom stereocenters. The summed E-state index contributed by atoms with van der Waals surface area (Å²) in [5.41, 5.74) is 1.34. The van der Waals surface area contributed by atoms with Crippen molar-refractivity contribution >= 4 is 32.6 Å². The van der Waals surface area contributed by atoms with E-state index in [4.69, 9.17) is 19.2 Å². The van der Waals surface area contributed by atoms with Gasteiger partial charge < -0.3 is 19.1 Å². The molecular weight excluding hydrogens is 414 g/mol. The molecule has 4 rings (SSSR count). The third-order valence-electron chi connectivity index (χ3n) is 4.92. The van der Waals surface area contributed by atoms with Gasteiger partial charge in [0.15, 0.2) is 16.6 Å². The maximum absolute atomic E-state index is 13.5. The van der Waals surface area contributed by atoms with Crippen molar-refractivity contribution in [2.45, 2.75) is 13.3 Å². The molecular formula is C23H27N3O4S. The molecule has 0 spiro atoms. The van der Waals surface area contributed by atoms with Crippen molar-refractivity contribution in [2.24, 2.45) is 0 Å². The quantitative estimate of drug-likeness (QED) is 0.525. The van der Waals surface area contributed by atoms with Gasteiger partial charge in [-0.25, -0.2) is 4.98 Å². The highest BCUT2D eigenvalue weighted by molar-refractivity contribution is 7.22. The second kappa shape index (κ2) is 9.53. The third kappa shape index (κ3) is 4.75. The van der Waals surface area contributed by atoms with E-state index in [0.29, 0.717) is 48.6 Å². The van der Waals surface area contributed by atoms with Gasteiger partial charge in [-0.2, -0.15) is 0 Å². The fourth-order valence-corrected chi connectivity index (χ4v) is 4.47. The lowest BCUT2D eigenvalue weighted by Crippen LogP contribution is -2.33. The Hall–Kier alpha value is -2.84. The van der Waals surface area contributed by atoms with Gasteiger partial charge in [0.05, 0.1) is 11.3 Å². The van der Waals surface area contributed by atoms with E-state index >= 15 is 0 Å². The van der Waals surface area contributed by atoms with E-state index in [0.717, 1.165) is 28.9 Å². The van der Waals surface area contributed by atoms with Gasteiger partial charge in [-0.15, -0.1) is 0 Å². The Labute approximate surface area is 186 Å².